The van der Waals surface area contributed by atoms with Gasteiger partial charge in [0.1, 0.15) is 11.6 Å². The van der Waals surface area contributed by atoms with Gasteiger partial charge in [0.05, 0.1) is 0 Å². The van der Waals surface area contributed by atoms with E-state index in [0.29, 0.717) is 0 Å². The highest BCUT2D eigenvalue weighted by molar-refractivity contribution is 5.84. The SMILES string of the molecule is CCNc1cc(F)cc(C(C)C(C)=O)c1C. The Bertz CT molecular complexity index is 401. The van der Waals surface area contributed by atoms with Crippen LogP contribution in [-0.4, -0.2) is 12.3 Å². The maximum absolute atomic E-state index is 13.4. The molecule has 1 atom stereocenters. The van der Waals surface area contributed by atoms with Gasteiger partial charge in [0, 0.05) is 18.2 Å². The number of halogens is 1. The van der Waals surface area contributed by atoms with Crippen molar-refractivity contribution in [3.63, 3.8) is 0 Å². The minimum atomic E-state index is -0.301. The number of anilines is 1. The van der Waals surface area contributed by atoms with Crippen LogP contribution in [0.2, 0.25) is 0 Å². The number of hydrogen-bond acceptors (Lipinski definition) is 2. The molecule has 0 aliphatic heterocycles. The molecule has 0 amide bonds. The second-order valence-electron chi connectivity index (χ2n) is 4.03. The molecule has 0 heterocycles. The van der Waals surface area contributed by atoms with Gasteiger partial charge in [0.25, 0.3) is 0 Å². The number of ketones is 1. The first-order valence-electron chi connectivity index (χ1n) is 5.51. The molecule has 0 fully saturated rings. The molecule has 1 aromatic rings. The Balaban J connectivity index is 3.23. The molecule has 0 aliphatic carbocycles. The van der Waals surface area contributed by atoms with Crippen molar-refractivity contribution in [3.8, 4) is 0 Å². The van der Waals surface area contributed by atoms with Gasteiger partial charge in [-0.1, -0.05) is 6.92 Å². The number of Topliss-reactive ketones (excluding diaryl/α,β-unsaturated/α-hetero) is 1. The summed E-state index contributed by atoms with van der Waals surface area (Å²) in [4.78, 5) is 11.3. The quantitative estimate of drug-likeness (QED) is 0.848. The van der Waals surface area contributed by atoms with E-state index in [0.717, 1.165) is 23.4 Å². The summed E-state index contributed by atoms with van der Waals surface area (Å²) in [7, 11) is 0. The van der Waals surface area contributed by atoms with E-state index in [1.54, 1.807) is 6.92 Å². The molecular formula is C13H18FNO. The van der Waals surface area contributed by atoms with E-state index in [2.05, 4.69) is 5.32 Å². The zero-order valence-electron chi connectivity index (χ0n) is 10.2. The van der Waals surface area contributed by atoms with E-state index in [1.807, 2.05) is 13.8 Å². The molecule has 0 bridgehead atoms. The fraction of sp³-hybridized carbons (Fsp3) is 0.462. The Morgan fingerprint density at radius 2 is 2.12 bits per heavy atom. The molecule has 1 aromatic carbocycles. The Kier molecular flexibility index (Phi) is 4.05. The number of carbonyl (C=O) groups excluding carboxylic acids is 1. The number of rotatable bonds is 4. The predicted octanol–water partition coefficient (Wildman–Crippen LogP) is 3.26. The summed E-state index contributed by atoms with van der Waals surface area (Å²) < 4.78 is 13.4. The second-order valence-corrected chi connectivity index (χ2v) is 4.03. The van der Waals surface area contributed by atoms with Crippen LogP contribution in [0.15, 0.2) is 12.1 Å². The van der Waals surface area contributed by atoms with Crippen molar-refractivity contribution in [2.45, 2.75) is 33.6 Å². The van der Waals surface area contributed by atoms with E-state index < -0.39 is 0 Å². The standard InChI is InChI=1S/C13H18FNO/c1-5-15-13-7-11(14)6-12(9(13)3)8(2)10(4)16/h6-8,15H,5H2,1-4H3. The summed E-state index contributed by atoms with van der Waals surface area (Å²) in [6, 6.07) is 2.91. The van der Waals surface area contributed by atoms with Crippen molar-refractivity contribution in [1.29, 1.82) is 0 Å². The molecule has 0 saturated carbocycles. The third-order valence-corrected chi connectivity index (χ3v) is 2.86. The first-order chi connectivity index (χ1) is 7.47. The summed E-state index contributed by atoms with van der Waals surface area (Å²) >= 11 is 0. The van der Waals surface area contributed by atoms with Gasteiger partial charge in [0.15, 0.2) is 0 Å². The minimum absolute atomic E-state index is 0.0520. The van der Waals surface area contributed by atoms with Gasteiger partial charge < -0.3 is 5.32 Å². The van der Waals surface area contributed by atoms with Crippen LogP contribution in [0.4, 0.5) is 10.1 Å². The lowest BCUT2D eigenvalue weighted by atomic mass is 9.92. The highest BCUT2D eigenvalue weighted by Gasteiger charge is 2.16. The summed E-state index contributed by atoms with van der Waals surface area (Å²) in [5, 5.41) is 3.10. The number of benzene rings is 1. The topological polar surface area (TPSA) is 29.1 Å². The largest absolute Gasteiger partial charge is 0.385 e. The Hall–Kier alpha value is -1.38. The maximum Gasteiger partial charge on any atom is 0.137 e. The van der Waals surface area contributed by atoms with Crippen molar-refractivity contribution < 1.29 is 9.18 Å². The Morgan fingerprint density at radius 3 is 2.62 bits per heavy atom. The van der Waals surface area contributed by atoms with Crippen LogP contribution in [0.5, 0.6) is 0 Å². The van der Waals surface area contributed by atoms with E-state index >= 15 is 0 Å². The molecule has 0 radical (unpaired) electrons. The van der Waals surface area contributed by atoms with Gasteiger partial charge in [-0.2, -0.15) is 0 Å². The summed E-state index contributed by atoms with van der Waals surface area (Å²) in [6.07, 6.45) is 0. The lowest BCUT2D eigenvalue weighted by molar-refractivity contribution is -0.118. The van der Waals surface area contributed by atoms with Gasteiger partial charge in [-0.15, -0.1) is 0 Å². The molecule has 0 aliphatic rings. The first kappa shape index (κ1) is 12.7. The second kappa shape index (κ2) is 5.10. The van der Waals surface area contributed by atoms with E-state index in [1.165, 1.54) is 19.1 Å². The molecule has 1 unspecified atom stereocenters. The Labute approximate surface area is 95.9 Å². The zero-order valence-corrected chi connectivity index (χ0v) is 10.2. The molecule has 0 aromatic heterocycles. The lowest BCUT2D eigenvalue weighted by Crippen LogP contribution is -2.09. The highest BCUT2D eigenvalue weighted by Crippen LogP contribution is 2.27. The molecule has 0 spiro atoms. The molecule has 88 valence electrons. The predicted molar refractivity (Wildman–Crippen MR) is 64.4 cm³/mol. The molecule has 0 saturated heterocycles. The molecule has 1 rings (SSSR count). The maximum atomic E-state index is 13.4. The zero-order chi connectivity index (χ0) is 12.3. The molecule has 1 N–H and O–H groups in total. The number of nitrogens with one attached hydrogen (secondary N) is 1. The van der Waals surface area contributed by atoms with E-state index in [4.69, 9.17) is 0 Å². The van der Waals surface area contributed by atoms with E-state index in [-0.39, 0.29) is 17.5 Å². The van der Waals surface area contributed by atoms with Gasteiger partial charge >= 0.3 is 0 Å². The van der Waals surface area contributed by atoms with Crippen molar-refractivity contribution in [3.05, 3.63) is 29.1 Å². The fourth-order valence-corrected chi connectivity index (χ4v) is 1.74. The number of carbonyl (C=O) groups is 1. The van der Waals surface area contributed by atoms with Crippen molar-refractivity contribution >= 4 is 11.5 Å². The van der Waals surface area contributed by atoms with Crippen LogP contribution < -0.4 is 5.32 Å². The van der Waals surface area contributed by atoms with Crippen LogP contribution in [0.3, 0.4) is 0 Å². The molecule has 2 nitrogen and oxygen atoms in total. The average Bonchev–Trinajstić information content (AvgIpc) is 2.22. The third-order valence-electron chi connectivity index (χ3n) is 2.86. The monoisotopic (exact) mass is 223 g/mol. The van der Waals surface area contributed by atoms with Crippen LogP contribution in [0, 0.1) is 12.7 Å². The van der Waals surface area contributed by atoms with Crippen molar-refractivity contribution in [1.82, 2.24) is 0 Å². The third kappa shape index (κ3) is 2.60. The van der Waals surface area contributed by atoms with Crippen molar-refractivity contribution in [2.75, 3.05) is 11.9 Å². The Morgan fingerprint density at radius 1 is 1.50 bits per heavy atom. The number of hydrogen-bond donors (Lipinski definition) is 1. The van der Waals surface area contributed by atoms with Crippen molar-refractivity contribution in [2.24, 2.45) is 0 Å². The molecular weight excluding hydrogens is 205 g/mol. The van der Waals surface area contributed by atoms with Gasteiger partial charge in [-0.25, -0.2) is 4.39 Å². The first-order valence-corrected chi connectivity index (χ1v) is 5.51. The molecule has 16 heavy (non-hydrogen) atoms. The summed E-state index contributed by atoms with van der Waals surface area (Å²) in [5.74, 6) is -0.506. The normalized spacial score (nSPS) is 12.3. The molecule has 3 heteroatoms. The average molecular weight is 223 g/mol. The van der Waals surface area contributed by atoms with Crippen LogP contribution >= 0.6 is 0 Å². The van der Waals surface area contributed by atoms with Crippen LogP contribution in [0.25, 0.3) is 0 Å². The lowest BCUT2D eigenvalue weighted by Gasteiger charge is -2.16. The summed E-state index contributed by atoms with van der Waals surface area (Å²) in [6.45, 7) is 7.94. The van der Waals surface area contributed by atoms with Gasteiger partial charge in [0.2, 0.25) is 0 Å². The van der Waals surface area contributed by atoms with Crippen LogP contribution in [-0.2, 0) is 4.79 Å². The van der Waals surface area contributed by atoms with Gasteiger partial charge in [-0.05, 0) is 44.0 Å². The highest BCUT2D eigenvalue weighted by atomic mass is 19.1. The van der Waals surface area contributed by atoms with Gasteiger partial charge in [-0.3, -0.25) is 4.79 Å². The van der Waals surface area contributed by atoms with E-state index in [9.17, 15) is 9.18 Å². The minimum Gasteiger partial charge on any atom is -0.385 e. The van der Waals surface area contributed by atoms with Crippen LogP contribution in [0.1, 0.15) is 37.8 Å². The fourth-order valence-electron chi connectivity index (χ4n) is 1.74. The summed E-state index contributed by atoms with van der Waals surface area (Å²) in [5.41, 5.74) is 2.49. The smallest absolute Gasteiger partial charge is 0.137 e.